The van der Waals surface area contributed by atoms with E-state index in [1.807, 2.05) is 11.3 Å². The van der Waals surface area contributed by atoms with E-state index in [1.54, 1.807) is 5.56 Å². The topological polar surface area (TPSA) is 9.86 Å². The van der Waals surface area contributed by atoms with Crippen molar-refractivity contribution >= 4 is 76.2 Å². The largest absolute Gasteiger partial charge is 0.341 e. The lowest BCUT2D eigenvalue weighted by Gasteiger charge is -2.10. The molecular weight excluding hydrogens is 444 g/mol. The number of allylic oxidation sites excluding steroid dienone is 2. The van der Waals surface area contributed by atoms with E-state index >= 15 is 0 Å². The SMILES string of the molecule is CCn1c2c(c3cc4c(cc31)sc1c3c5c(n(CC)c3c3ccccc3c41)C=CCC5)CCC=C2. The van der Waals surface area contributed by atoms with E-state index in [4.69, 9.17) is 0 Å². The smallest absolute Gasteiger partial charge is 0.0582 e. The highest BCUT2D eigenvalue weighted by atomic mass is 32.1. The maximum Gasteiger partial charge on any atom is 0.0582 e. The van der Waals surface area contributed by atoms with Gasteiger partial charge >= 0.3 is 0 Å². The Labute approximate surface area is 208 Å². The average molecular weight is 473 g/mol. The molecular formula is C32H28N2S. The minimum Gasteiger partial charge on any atom is -0.341 e. The molecule has 0 saturated carbocycles. The van der Waals surface area contributed by atoms with Crippen LogP contribution in [0.2, 0.25) is 0 Å². The molecule has 3 heterocycles. The molecule has 0 N–H and O–H groups in total. The van der Waals surface area contributed by atoms with Crippen molar-refractivity contribution in [1.29, 1.82) is 0 Å². The Kier molecular flexibility index (Phi) is 4.05. The maximum absolute atomic E-state index is 2.57. The van der Waals surface area contributed by atoms with E-state index in [2.05, 4.69) is 83.7 Å². The molecule has 3 heteroatoms. The lowest BCUT2D eigenvalue weighted by Crippen LogP contribution is -2.00. The molecule has 3 aromatic carbocycles. The van der Waals surface area contributed by atoms with Crippen LogP contribution in [0.5, 0.6) is 0 Å². The molecule has 0 bridgehead atoms. The minimum atomic E-state index is 1.00. The van der Waals surface area contributed by atoms with Crippen LogP contribution < -0.4 is 0 Å². The van der Waals surface area contributed by atoms with Crippen LogP contribution in [0.15, 0.2) is 48.6 Å². The maximum atomic E-state index is 2.57. The van der Waals surface area contributed by atoms with Gasteiger partial charge in [-0.15, -0.1) is 11.3 Å². The third-order valence-corrected chi connectivity index (χ3v) is 9.59. The average Bonchev–Trinajstić information content (AvgIpc) is 3.54. The first-order valence-corrected chi connectivity index (χ1v) is 13.9. The molecule has 8 rings (SSSR count). The molecule has 0 radical (unpaired) electrons. The molecule has 6 aromatic rings. The number of thiophene rings is 1. The number of hydrogen-bond donors (Lipinski definition) is 0. The van der Waals surface area contributed by atoms with E-state index < -0.39 is 0 Å². The summed E-state index contributed by atoms with van der Waals surface area (Å²) in [5.74, 6) is 0. The molecule has 0 fully saturated rings. The van der Waals surface area contributed by atoms with E-state index in [1.165, 1.54) is 69.7 Å². The first-order chi connectivity index (χ1) is 17.3. The molecule has 0 atom stereocenters. The molecule has 2 aliphatic carbocycles. The van der Waals surface area contributed by atoms with E-state index in [0.29, 0.717) is 0 Å². The molecule has 0 aliphatic heterocycles. The van der Waals surface area contributed by atoms with Gasteiger partial charge in [0.05, 0.1) is 11.0 Å². The van der Waals surface area contributed by atoms with Crippen LogP contribution in [-0.2, 0) is 25.9 Å². The third kappa shape index (κ3) is 2.44. The second kappa shape index (κ2) is 7.11. The highest BCUT2D eigenvalue weighted by Gasteiger charge is 2.25. The predicted octanol–water partition coefficient (Wildman–Crippen LogP) is 9.08. The van der Waals surface area contributed by atoms with Crippen molar-refractivity contribution in [2.45, 2.75) is 52.6 Å². The summed E-state index contributed by atoms with van der Waals surface area (Å²) in [6, 6.07) is 14.2. The fourth-order valence-electron chi connectivity index (χ4n) is 7.00. The summed E-state index contributed by atoms with van der Waals surface area (Å²) in [6.45, 7) is 6.58. The van der Waals surface area contributed by atoms with E-state index in [0.717, 1.165) is 38.8 Å². The molecule has 2 aliphatic rings. The third-order valence-electron chi connectivity index (χ3n) is 8.42. The van der Waals surface area contributed by atoms with Crippen LogP contribution >= 0.6 is 11.3 Å². The Morgan fingerprint density at radius 2 is 1.46 bits per heavy atom. The van der Waals surface area contributed by atoms with Gasteiger partial charge in [0.15, 0.2) is 0 Å². The van der Waals surface area contributed by atoms with Crippen LogP contribution in [0, 0.1) is 0 Å². The van der Waals surface area contributed by atoms with Gasteiger partial charge in [0.1, 0.15) is 0 Å². The van der Waals surface area contributed by atoms with E-state index in [-0.39, 0.29) is 0 Å². The Hall–Kier alpha value is -3.30. The van der Waals surface area contributed by atoms with Gasteiger partial charge in [0.25, 0.3) is 0 Å². The van der Waals surface area contributed by atoms with Gasteiger partial charge in [-0.3, -0.25) is 0 Å². The molecule has 2 nitrogen and oxygen atoms in total. The van der Waals surface area contributed by atoms with Crippen molar-refractivity contribution in [3.05, 3.63) is 71.1 Å². The molecule has 172 valence electrons. The van der Waals surface area contributed by atoms with Crippen LogP contribution in [0.25, 0.3) is 64.9 Å². The molecule has 0 spiro atoms. The van der Waals surface area contributed by atoms with Gasteiger partial charge < -0.3 is 9.13 Å². The van der Waals surface area contributed by atoms with E-state index in [9.17, 15) is 0 Å². The second-order valence-electron chi connectivity index (χ2n) is 10.0. The monoisotopic (exact) mass is 472 g/mol. The Morgan fingerprint density at radius 3 is 2.23 bits per heavy atom. The van der Waals surface area contributed by atoms with Crippen molar-refractivity contribution in [3.8, 4) is 0 Å². The highest BCUT2D eigenvalue weighted by Crippen LogP contribution is 2.49. The Bertz CT molecular complexity index is 1920. The first-order valence-electron chi connectivity index (χ1n) is 13.1. The Morgan fingerprint density at radius 1 is 0.743 bits per heavy atom. The van der Waals surface area contributed by atoms with Crippen molar-refractivity contribution < 1.29 is 0 Å². The Balaban J connectivity index is 1.62. The molecule has 3 aromatic heterocycles. The van der Waals surface area contributed by atoms with Gasteiger partial charge in [-0.1, -0.05) is 36.4 Å². The van der Waals surface area contributed by atoms with Gasteiger partial charge in [0.2, 0.25) is 0 Å². The van der Waals surface area contributed by atoms with Gasteiger partial charge in [-0.05, 0) is 80.3 Å². The number of aromatic nitrogens is 2. The zero-order chi connectivity index (χ0) is 23.3. The molecule has 0 unspecified atom stereocenters. The summed E-state index contributed by atoms with van der Waals surface area (Å²) in [4.78, 5) is 0. The lowest BCUT2D eigenvalue weighted by atomic mass is 9.95. The number of aryl methyl sites for hydroxylation is 4. The first kappa shape index (κ1) is 19.9. The van der Waals surface area contributed by atoms with Crippen LogP contribution in [-0.4, -0.2) is 9.13 Å². The molecule has 0 saturated heterocycles. The summed E-state index contributed by atoms with van der Waals surface area (Å²) in [6.07, 6.45) is 14.0. The zero-order valence-corrected chi connectivity index (χ0v) is 21.1. The molecule has 0 amide bonds. The summed E-state index contributed by atoms with van der Waals surface area (Å²) in [5, 5.41) is 8.66. The van der Waals surface area contributed by atoms with Crippen LogP contribution in [0.4, 0.5) is 0 Å². The van der Waals surface area contributed by atoms with Crippen LogP contribution in [0.1, 0.15) is 49.2 Å². The van der Waals surface area contributed by atoms with Crippen LogP contribution in [0.3, 0.4) is 0 Å². The van der Waals surface area contributed by atoms with Crippen molar-refractivity contribution in [1.82, 2.24) is 9.13 Å². The fourth-order valence-corrected chi connectivity index (χ4v) is 8.31. The summed E-state index contributed by atoms with van der Waals surface area (Å²) < 4.78 is 7.99. The van der Waals surface area contributed by atoms with Gasteiger partial charge in [0, 0.05) is 60.8 Å². The number of nitrogens with zero attached hydrogens (tertiary/aromatic N) is 2. The van der Waals surface area contributed by atoms with Gasteiger partial charge in [-0.2, -0.15) is 0 Å². The lowest BCUT2D eigenvalue weighted by molar-refractivity contribution is 0.778. The minimum absolute atomic E-state index is 1.00. The standard InChI is InChI=1S/C32H28N2S/c1-3-33-25-15-9-7-11-19(25)23-17-24-28(18-27(23)33)35-32-29(24)20-12-5-6-13-21(20)31-30(32)22-14-8-10-16-26(22)34(31)4-2/h5-6,9-10,12-13,15-18H,3-4,7-8,11,14H2,1-2H3. The molecule has 35 heavy (non-hydrogen) atoms. The van der Waals surface area contributed by atoms with Gasteiger partial charge in [-0.25, -0.2) is 0 Å². The second-order valence-corrected chi connectivity index (χ2v) is 11.1. The predicted molar refractivity (Wildman–Crippen MR) is 154 cm³/mol. The van der Waals surface area contributed by atoms with Crippen molar-refractivity contribution in [2.75, 3.05) is 0 Å². The fraction of sp³-hybridized carbons (Fsp3) is 0.250. The number of benzene rings is 3. The summed E-state index contributed by atoms with van der Waals surface area (Å²) in [5.41, 5.74) is 8.77. The van der Waals surface area contributed by atoms with Crippen molar-refractivity contribution in [2.24, 2.45) is 0 Å². The highest BCUT2D eigenvalue weighted by molar-refractivity contribution is 7.27. The zero-order valence-electron chi connectivity index (χ0n) is 20.3. The summed E-state index contributed by atoms with van der Waals surface area (Å²) in [7, 11) is 0. The number of fused-ring (bicyclic) bond motifs is 13. The summed E-state index contributed by atoms with van der Waals surface area (Å²) >= 11 is 2.01. The number of rotatable bonds is 2. The number of hydrogen-bond acceptors (Lipinski definition) is 1. The van der Waals surface area contributed by atoms with Crippen molar-refractivity contribution in [3.63, 3.8) is 0 Å². The quantitative estimate of drug-likeness (QED) is 0.238. The normalized spacial score (nSPS) is 15.3.